The van der Waals surface area contributed by atoms with Crippen LogP contribution >= 0.6 is 11.6 Å². The Balaban J connectivity index is 1.40. The summed E-state index contributed by atoms with van der Waals surface area (Å²) in [6.07, 6.45) is 8.42. The molecule has 4 nitrogen and oxygen atoms in total. The van der Waals surface area contributed by atoms with E-state index >= 15 is 0 Å². The molecular weight excluding hydrogens is 436 g/mol. The maximum Gasteiger partial charge on any atom is 0.119 e. The second kappa shape index (κ2) is 11.2. The van der Waals surface area contributed by atoms with E-state index in [9.17, 15) is 10.2 Å². The van der Waals surface area contributed by atoms with E-state index < -0.39 is 6.10 Å². The lowest BCUT2D eigenvalue weighted by Crippen LogP contribution is -2.33. The number of hydrogen-bond acceptors (Lipinski definition) is 4. The molecule has 1 saturated heterocycles. The molecule has 2 fully saturated rings. The SMILES string of the molecule is CCC1(COc2ccc(Cc3cc(C4CC(O)CC(CO)O4)ccc3Cl)cc2)CCCCC1. The van der Waals surface area contributed by atoms with E-state index in [1.54, 1.807) is 0 Å². The Bertz CT molecular complexity index is 891. The van der Waals surface area contributed by atoms with Crippen molar-refractivity contribution in [3.05, 3.63) is 64.2 Å². The van der Waals surface area contributed by atoms with Crippen LogP contribution in [0, 0.1) is 5.41 Å². The predicted octanol–water partition coefficient (Wildman–Crippen LogP) is 6.24. The zero-order valence-corrected chi connectivity index (χ0v) is 20.4. The molecular formula is C28H37ClO4. The average Bonchev–Trinajstić information content (AvgIpc) is 2.85. The molecule has 3 atom stereocenters. The van der Waals surface area contributed by atoms with Crippen molar-refractivity contribution in [2.24, 2.45) is 5.41 Å². The maximum absolute atomic E-state index is 10.2. The Morgan fingerprint density at radius 1 is 1.06 bits per heavy atom. The minimum absolute atomic E-state index is 0.0815. The number of aliphatic hydroxyl groups excluding tert-OH is 2. The van der Waals surface area contributed by atoms with E-state index in [2.05, 4.69) is 37.3 Å². The summed E-state index contributed by atoms with van der Waals surface area (Å²) in [5, 5.41) is 20.3. The van der Waals surface area contributed by atoms with E-state index in [0.717, 1.165) is 28.5 Å². The summed E-state index contributed by atoms with van der Waals surface area (Å²) in [7, 11) is 0. The Hall–Kier alpha value is -1.59. The number of benzene rings is 2. The largest absolute Gasteiger partial charge is 0.493 e. The van der Waals surface area contributed by atoms with Gasteiger partial charge in [-0.05, 0) is 60.6 Å². The van der Waals surface area contributed by atoms with Gasteiger partial charge in [0.15, 0.2) is 0 Å². The van der Waals surface area contributed by atoms with Gasteiger partial charge < -0.3 is 19.7 Å². The van der Waals surface area contributed by atoms with Gasteiger partial charge in [-0.1, -0.05) is 62.1 Å². The highest BCUT2D eigenvalue weighted by Crippen LogP contribution is 2.39. The van der Waals surface area contributed by atoms with Gasteiger partial charge in [0.2, 0.25) is 0 Å². The van der Waals surface area contributed by atoms with E-state index in [0.29, 0.717) is 24.7 Å². The van der Waals surface area contributed by atoms with Crippen molar-refractivity contribution in [2.75, 3.05) is 13.2 Å². The van der Waals surface area contributed by atoms with Gasteiger partial charge in [-0.3, -0.25) is 0 Å². The molecule has 1 heterocycles. The lowest BCUT2D eigenvalue weighted by atomic mass is 9.73. The summed E-state index contributed by atoms with van der Waals surface area (Å²) < 4.78 is 12.2. The summed E-state index contributed by atoms with van der Waals surface area (Å²) >= 11 is 6.51. The van der Waals surface area contributed by atoms with Crippen LogP contribution in [-0.4, -0.2) is 35.6 Å². The molecule has 0 amide bonds. The second-order valence-electron chi connectivity index (χ2n) is 9.93. The van der Waals surface area contributed by atoms with Gasteiger partial charge in [0.25, 0.3) is 0 Å². The molecule has 0 bridgehead atoms. The zero-order chi connectivity index (χ0) is 23.3. The average molecular weight is 473 g/mol. The topological polar surface area (TPSA) is 58.9 Å². The molecule has 0 spiro atoms. The quantitative estimate of drug-likeness (QED) is 0.477. The highest BCUT2D eigenvalue weighted by Gasteiger charge is 2.31. The number of halogens is 1. The predicted molar refractivity (Wildman–Crippen MR) is 132 cm³/mol. The lowest BCUT2D eigenvalue weighted by Gasteiger charge is -2.36. The maximum atomic E-state index is 10.2. The van der Waals surface area contributed by atoms with Gasteiger partial charge >= 0.3 is 0 Å². The van der Waals surface area contributed by atoms with Crippen LogP contribution in [0.4, 0.5) is 0 Å². The van der Waals surface area contributed by atoms with Gasteiger partial charge in [-0.25, -0.2) is 0 Å². The molecule has 0 radical (unpaired) electrons. The fourth-order valence-electron chi connectivity index (χ4n) is 5.31. The summed E-state index contributed by atoms with van der Waals surface area (Å²) in [6, 6.07) is 14.3. The molecule has 1 aliphatic heterocycles. The minimum atomic E-state index is -0.465. The highest BCUT2D eigenvalue weighted by molar-refractivity contribution is 6.31. The van der Waals surface area contributed by atoms with Crippen LogP contribution in [0.3, 0.4) is 0 Å². The molecule has 3 unspecified atom stereocenters. The van der Waals surface area contributed by atoms with Crippen LogP contribution in [0.2, 0.25) is 5.02 Å². The lowest BCUT2D eigenvalue weighted by molar-refractivity contribution is -0.113. The molecule has 0 aromatic heterocycles. The smallest absolute Gasteiger partial charge is 0.119 e. The van der Waals surface area contributed by atoms with Crippen LogP contribution < -0.4 is 4.74 Å². The minimum Gasteiger partial charge on any atom is -0.493 e. The van der Waals surface area contributed by atoms with Crippen molar-refractivity contribution >= 4 is 11.6 Å². The van der Waals surface area contributed by atoms with E-state index in [4.69, 9.17) is 21.1 Å². The molecule has 2 aromatic carbocycles. The van der Waals surface area contributed by atoms with Gasteiger partial charge in [-0.15, -0.1) is 0 Å². The van der Waals surface area contributed by atoms with Gasteiger partial charge in [-0.2, -0.15) is 0 Å². The van der Waals surface area contributed by atoms with Crippen molar-refractivity contribution in [2.45, 2.75) is 83.0 Å². The van der Waals surface area contributed by atoms with E-state index in [-0.39, 0.29) is 18.8 Å². The first kappa shape index (κ1) is 24.5. The fraction of sp³-hybridized carbons (Fsp3) is 0.571. The van der Waals surface area contributed by atoms with Gasteiger partial charge in [0.1, 0.15) is 5.75 Å². The standard InChI is InChI=1S/C28H37ClO4/c1-2-28(12-4-3-5-13-28)19-32-24-9-6-20(7-10-24)14-22-15-21(8-11-26(22)29)27-17-23(31)16-25(18-30)33-27/h6-11,15,23,25,27,30-31H,2-5,12-14,16-19H2,1H3. The molecule has 1 aliphatic carbocycles. The molecule has 2 aliphatic rings. The van der Waals surface area contributed by atoms with Crippen LogP contribution in [0.5, 0.6) is 5.75 Å². The van der Waals surface area contributed by atoms with Crippen molar-refractivity contribution in [1.82, 2.24) is 0 Å². The van der Waals surface area contributed by atoms with Crippen LogP contribution in [-0.2, 0) is 11.2 Å². The van der Waals surface area contributed by atoms with Crippen LogP contribution in [0.1, 0.15) is 81.1 Å². The van der Waals surface area contributed by atoms with Crippen molar-refractivity contribution in [3.8, 4) is 5.75 Å². The first-order valence-corrected chi connectivity index (χ1v) is 12.8. The van der Waals surface area contributed by atoms with Gasteiger partial charge in [0, 0.05) is 23.3 Å². The highest BCUT2D eigenvalue weighted by atomic mass is 35.5. The number of ether oxygens (including phenoxy) is 2. The molecule has 5 heteroatoms. The van der Waals surface area contributed by atoms with Crippen molar-refractivity contribution < 1.29 is 19.7 Å². The van der Waals surface area contributed by atoms with Crippen molar-refractivity contribution in [1.29, 1.82) is 0 Å². The third-order valence-corrected chi connectivity index (χ3v) is 7.92. The molecule has 2 N–H and O–H groups in total. The molecule has 4 rings (SSSR count). The van der Waals surface area contributed by atoms with Crippen molar-refractivity contribution in [3.63, 3.8) is 0 Å². The Labute approximate surface area is 202 Å². The Morgan fingerprint density at radius 2 is 1.82 bits per heavy atom. The molecule has 33 heavy (non-hydrogen) atoms. The summed E-state index contributed by atoms with van der Waals surface area (Å²) in [4.78, 5) is 0. The third kappa shape index (κ3) is 6.30. The monoisotopic (exact) mass is 472 g/mol. The van der Waals surface area contributed by atoms with E-state index in [1.807, 2.05) is 12.1 Å². The van der Waals surface area contributed by atoms with Crippen LogP contribution in [0.25, 0.3) is 0 Å². The third-order valence-electron chi connectivity index (χ3n) is 7.55. The zero-order valence-electron chi connectivity index (χ0n) is 19.6. The normalized spacial score (nSPS) is 25.0. The Kier molecular flexibility index (Phi) is 8.34. The summed E-state index contributed by atoms with van der Waals surface area (Å²) in [5.41, 5.74) is 3.53. The number of rotatable bonds is 8. The first-order chi connectivity index (χ1) is 16.0. The van der Waals surface area contributed by atoms with Crippen LogP contribution in [0.15, 0.2) is 42.5 Å². The fourth-order valence-corrected chi connectivity index (χ4v) is 5.50. The summed E-state index contributed by atoms with van der Waals surface area (Å²) in [5.74, 6) is 0.927. The second-order valence-corrected chi connectivity index (χ2v) is 10.3. The number of hydrogen-bond donors (Lipinski definition) is 2. The summed E-state index contributed by atoms with van der Waals surface area (Å²) in [6.45, 7) is 3.01. The number of aliphatic hydroxyl groups is 2. The molecule has 2 aromatic rings. The molecule has 1 saturated carbocycles. The van der Waals surface area contributed by atoms with E-state index in [1.165, 1.54) is 44.1 Å². The first-order valence-electron chi connectivity index (χ1n) is 12.4. The van der Waals surface area contributed by atoms with Gasteiger partial charge in [0.05, 0.1) is 31.5 Å². The Morgan fingerprint density at radius 3 is 2.52 bits per heavy atom. The molecule has 180 valence electrons.